The first-order valence-electron chi connectivity index (χ1n) is 16.3. The fourth-order valence-corrected chi connectivity index (χ4v) is 3.35. The predicted octanol–water partition coefficient (Wildman–Crippen LogP) is 8.52. The van der Waals surface area contributed by atoms with Gasteiger partial charge in [0.25, 0.3) is 5.97 Å². The van der Waals surface area contributed by atoms with Crippen molar-refractivity contribution in [3.63, 3.8) is 0 Å². The van der Waals surface area contributed by atoms with Crippen LogP contribution in [0.3, 0.4) is 0 Å². The third kappa shape index (κ3) is 74.9. The van der Waals surface area contributed by atoms with Crippen LogP contribution in [-0.2, 0) is 4.79 Å². The minimum atomic E-state index is -0.833. The van der Waals surface area contributed by atoms with Gasteiger partial charge in [-0.2, -0.15) is 0 Å². The van der Waals surface area contributed by atoms with Crippen molar-refractivity contribution in [2.45, 2.75) is 111 Å². The number of halogens is 4. The van der Waals surface area contributed by atoms with E-state index in [-0.39, 0.29) is 49.6 Å². The highest BCUT2D eigenvalue weighted by Crippen LogP contribution is 1.84. The van der Waals surface area contributed by atoms with Crippen molar-refractivity contribution in [2.24, 2.45) is 0 Å². The first-order valence-corrected chi connectivity index (χ1v) is 16.3. The van der Waals surface area contributed by atoms with Crippen LogP contribution in [0.25, 0.3) is 0 Å². The number of rotatable bonds is 15. The lowest BCUT2D eigenvalue weighted by atomic mass is 10.5. The molecule has 11 heteroatoms. The van der Waals surface area contributed by atoms with E-state index in [1.807, 2.05) is 0 Å². The molecule has 0 amide bonds. The van der Waals surface area contributed by atoms with E-state index in [2.05, 4.69) is 128 Å². The molecule has 276 valence electrons. The number of carboxylic acid groups (broad SMARTS) is 1. The molecule has 0 radical (unpaired) electrons. The van der Waals surface area contributed by atoms with Crippen molar-refractivity contribution in [3.05, 3.63) is 0 Å². The van der Waals surface area contributed by atoms with E-state index in [4.69, 9.17) is 9.90 Å². The van der Waals surface area contributed by atoms with Gasteiger partial charge in [0, 0.05) is 6.92 Å². The van der Waals surface area contributed by atoms with Gasteiger partial charge in [-0.25, -0.2) is 0 Å². The molecule has 0 heterocycles. The van der Waals surface area contributed by atoms with Gasteiger partial charge in [-0.3, -0.25) is 4.79 Å². The summed E-state index contributed by atoms with van der Waals surface area (Å²) in [5.74, 6) is -0.833. The molecule has 7 nitrogen and oxygen atoms in total. The van der Waals surface area contributed by atoms with Crippen LogP contribution in [0, 0.1) is 0 Å². The van der Waals surface area contributed by atoms with Gasteiger partial charge in [-0.05, 0) is 98.2 Å². The zero-order chi connectivity index (χ0) is 32.1. The quantitative estimate of drug-likeness (QED) is 0.183. The van der Waals surface area contributed by atoms with Crippen molar-refractivity contribution in [2.75, 3.05) is 98.2 Å². The van der Waals surface area contributed by atoms with Gasteiger partial charge < -0.3 is 29.6 Å². The summed E-state index contributed by atoms with van der Waals surface area (Å²) in [6, 6.07) is 0. The van der Waals surface area contributed by atoms with Crippen molar-refractivity contribution < 1.29 is 9.90 Å². The summed E-state index contributed by atoms with van der Waals surface area (Å²) in [5, 5.41) is 7.42. The molecular formula is C32H83Cl4N5O2. The number of nitrogens with zero attached hydrogens (tertiary/aromatic N) is 5. The van der Waals surface area contributed by atoms with Crippen molar-refractivity contribution in [1.29, 1.82) is 0 Å². The molecule has 0 atom stereocenters. The van der Waals surface area contributed by atoms with E-state index < -0.39 is 5.97 Å². The number of carbonyl (C=O) groups is 1. The lowest BCUT2D eigenvalue weighted by Crippen LogP contribution is -2.21. The van der Waals surface area contributed by atoms with Gasteiger partial charge in [-0.1, -0.05) is 104 Å². The zero-order valence-corrected chi connectivity index (χ0v) is 35.1. The fourth-order valence-electron chi connectivity index (χ4n) is 3.35. The molecule has 1 N–H and O–H groups in total. The van der Waals surface area contributed by atoms with E-state index in [0.29, 0.717) is 0 Å². The molecule has 0 fully saturated rings. The molecule has 0 rings (SSSR count). The van der Waals surface area contributed by atoms with Crippen molar-refractivity contribution in [3.8, 4) is 0 Å². The minimum Gasteiger partial charge on any atom is -0.481 e. The van der Waals surface area contributed by atoms with Crippen LogP contribution in [0.1, 0.15) is 111 Å². The van der Waals surface area contributed by atoms with E-state index >= 15 is 0 Å². The van der Waals surface area contributed by atoms with Crippen LogP contribution in [0.4, 0.5) is 0 Å². The summed E-state index contributed by atoms with van der Waals surface area (Å²) < 4.78 is 0. The van der Waals surface area contributed by atoms with Crippen molar-refractivity contribution >= 4 is 55.6 Å². The molecule has 0 aromatic rings. The first kappa shape index (κ1) is 70.0. The molecule has 0 aliphatic heterocycles. The van der Waals surface area contributed by atoms with E-state index in [1.165, 1.54) is 98.2 Å². The maximum absolute atomic E-state index is 9.00. The molecule has 0 saturated carbocycles. The van der Waals surface area contributed by atoms with Crippen molar-refractivity contribution in [1.82, 2.24) is 24.5 Å². The third-order valence-electron chi connectivity index (χ3n) is 6.71. The van der Waals surface area contributed by atoms with Crippen LogP contribution in [0.15, 0.2) is 0 Å². The SMILES string of the molecule is CC(=O)O.CCN(CC)CC.CCN(CC)CC.CCN(CC)CC.CCN(CC)CC.CCN(CC)CC.Cl.Cl.Cl.Cl. The normalized spacial score (nSPS) is 8.95. The first-order chi connectivity index (χ1) is 18.5. The summed E-state index contributed by atoms with van der Waals surface area (Å²) in [6.45, 7) is 51.7. The average molecular weight is 712 g/mol. The number of hydrogen-bond acceptors (Lipinski definition) is 6. The van der Waals surface area contributed by atoms with Gasteiger partial charge in [0.2, 0.25) is 0 Å². The maximum atomic E-state index is 9.00. The van der Waals surface area contributed by atoms with Gasteiger partial charge in [-0.15, -0.1) is 49.6 Å². The van der Waals surface area contributed by atoms with E-state index in [1.54, 1.807) is 0 Å². The Bertz CT molecular complexity index is 299. The summed E-state index contributed by atoms with van der Waals surface area (Å²) in [6.07, 6.45) is 0. The summed E-state index contributed by atoms with van der Waals surface area (Å²) in [4.78, 5) is 20.9. The van der Waals surface area contributed by atoms with Gasteiger partial charge in [0.15, 0.2) is 0 Å². The number of hydrogen-bond donors (Lipinski definition) is 1. The maximum Gasteiger partial charge on any atom is 0.300 e. The Morgan fingerprint density at radius 1 is 0.326 bits per heavy atom. The Balaban J connectivity index is -0.0000000375. The highest BCUT2D eigenvalue weighted by molar-refractivity contribution is 5.86. The Hall–Kier alpha value is 0.430. The van der Waals surface area contributed by atoms with Gasteiger partial charge in [0.1, 0.15) is 0 Å². The monoisotopic (exact) mass is 710 g/mol. The smallest absolute Gasteiger partial charge is 0.300 e. The largest absolute Gasteiger partial charge is 0.481 e. The molecule has 43 heavy (non-hydrogen) atoms. The highest BCUT2D eigenvalue weighted by atomic mass is 35.5. The fraction of sp³-hybridized carbons (Fsp3) is 0.969. The highest BCUT2D eigenvalue weighted by Gasteiger charge is 1.91. The molecule has 0 unspecified atom stereocenters. The standard InChI is InChI=1S/5C6H15N.C2H4O2.4ClH/c5*1-4-7(5-2)6-3;1-2(3)4;;;;/h5*4-6H2,1-3H3;1H3,(H,3,4);4*1H. The lowest BCUT2D eigenvalue weighted by Gasteiger charge is -2.13. The molecule has 0 saturated heterocycles. The summed E-state index contributed by atoms with van der Waals surface area (Å²) >= 11 is 0. The third-order valence-corrected chi connectivity index (χ3v) is 6.71. The number of carboxylic acids is 1. The lowest BCUT2D eigenvalue weighted by molar-refractivity contribution is -0.134. The Kier molecular flexibility index (Phi) is 106. The summed E-state index contributed by atoms with van der Waals surface area (Å²) in [7, 11) is 0. The Morgan fingerprint density at radius 2 is 0.372 bits per heavy atom. The summed E-state index contributed by atoms with van der Waals surface area (Å²) in [5.41, 5.74) is 0. The minimum absolute atomic E-state index is 0. The Labute approximate surface area is 297 Å². The molecule has 0 aromatic carbocycles. The molecule has 0 aromatic heterocycles. The van der Waals surface area contributed by atoms with Crippen LogP contribution < -0.4 is 0 Å². The average Bonchev–Trinajstić information content (AvgIpc) is 2.95. The second kappa shape index (κ2) is 65.2. The number of aliphatic carboxylic acids is 1. The van der Waals surface area contributed by atoms with Crippen LogP contribution in [0.2, 0.25) is 0 Å². The molecule has 0 aliphatic carbocycles. The van der Waals surface area contributed by atoms with Crippen LogP contribution in [-0.4, -0.2) is 134 Å². The van der Waals surface area contributed by atoms with Crippen LogP contribution in [0.5, 0.6) is 0 Å². The zero-order valence-electron chi connectivity index (χ0n) is 31.8. The second-order valence-electron chi connectivity index (χ2n) is 8.62. The molecule has 0 aliphatic rings. The van der Waals surface area contributed by atoms with Crippen LogP contribution >= 0.6 is 49.6 Å². The Morgan fingerprint density at radius 3 is 0.372 bits per heavy atom. The van der Waals surface area contributed by atoms with E-state index in [0.717, 1.165) is 6.92 Å². The molecule has 0 spiro atoms. The molecular weight excluding hydrogens is 628 g/mol. The van der Waals surface area contributed by atoms with Gasteiger partial charge in [0.05, 0.1) is 0 Å². The predicted molar refractivity (Wildman–Crippen MR) is 210 cm³/mol. The molecule has 0 bridgehead atoms. The second-order valence-corrected chi connectivity index (χ2v) is 8.62. The van der Waals surface area contributed by atoms with Gasteiger partial charge >= 0.3 is 0 Å². The topological polar surface area (TPSA) is 53.5 Å². The van der Waals surface area contributed by atoms with E-state index in [9.17, 15) is 0 Å².